The van der Waals surface area contributed by atoms with Crippen molar-refractivity contribution in [2.24, 2.45) is 0 Å². The number of anilines is 1. The average molecular weight is 379 g/mol. The van der Waals surface area contributed by atoms with Crippen molar-refractivity contribution in [1.29, 1.82) is 0 Å². The van der Waals surface area contributed by atoms with Gasteiger partial charge in [0.1, 0.15) is 5.69 Å². The van der Waals surface area contributed by atoms with Gasteiger partial charge in [-0.05, 0) is 37.5 Å². The molecule has 1 aromatic carbocycles. The lowest BCUT2D eigenvalue weighted by Gasteiger charge is -2.25. The number of para-hydroxylation sites is 2. The Bertz CT molecular complexity index is 1050. The number of hydrogen-bond donors (Lipinski definition) is 1. The van der Waals surface area contributed by atoms with Gasteiger partial charge in [0, 0.05) is 18.7 Å². The summed E-state index contributed by atoms with van der Waals surface area (Å²) in [5.74, 6) is 0.199. The third kappa shape index (κ3) is 3.56. The summed E-state index contributed by atoms with van der Waals surface area (Å²) >= 11 is 0. The second kappa shape index (κ2) is 7.96. The van der Waals surface area contributed by atoms with E-state index in [2.05, 4.69) is 20.0 Å². The van der Waals surface area contributed by atoms with Crippen molar-refractivity contribution in [3.8, 4) is 0 Å². The quantitative estimate of drug-likeness (QED) is 0.732. The van der Waals surface area contributed by atoms with Crippen LogP contribution in [-0.2, 0) is 6.54 Å². The van der Waals surface area contributed by atoms with Crippen LogP contribution < -0.4 is 10.9 Å². The summed E-state index contributed by atoms with van der Waals surface area (Å²) in [7, 11) is 0. The standard InChI is InChI=1S/C21H25N5O2/c1-2-14-25-19(27)13-12-17(24-25)20(28)23-21-22-16-10-6-7-11-18(16)26(21)15-8-4-3-5-9-15/h6-7,10-13,15H,2-5,8-9,14H2,1H3,(H,22,23,28). The maximum atomic E-state index is 12.9. The first-order valence-electron chi connectivity index (χ1n) is 10.0. The number of nitrogens with one attached hydrogen (secondary N) is 1. The first-order valence-corrected chi connectivity index (χ1v) is 10.0. The first-order chi connectivity index (χ1) is 13.7. The Morgan fingerprint density at radius 2 is 1.93 bits per heavy atom. The van der Waals surface area contributed by atoms with E-state index in [1.807, 2.05) is 31.2 Å². The van der Waals surface area contributed by atoms with Crippen molar-refractivity contribution in [1.82, 2.24) is 19.3 Å². The topological polar surface area (TPSA) is 81.8 Å². The van der Waals surface area contributed by atoms with E-state index in [9.17, 15) is 9.59 Å². The molecule has 1 amide bonds. The number of amides is 1. The van der Waals surface area contributed by atoms with Crippen molar-refractivity contribution in [3.63, 3.8) is 0 Å². The average Bonchev–Trinajstić information content (AvgIpc) is 3.08. The summed E-state index contributed by atoms with van der Waals surface area (Å²) in [5.41, 5.74) is 1.92. The molecule has 0 bridgehead atoms. The zero-order valence-corrected chi connectivity index (χ0v) is 16.1. The van der Waals surface area contributed by atoms with Crippen LogP contribution in [0.3, 0.4) is 0 Å². The molecule has 1 N–H and O–H groups in total. The van der Waals surface area contributed by atoms with Crippen molar-refractivity contribution in [2.75, 3.05) is 5.32 Å². The lowest BCUT2D eigenvalue weighted by molar-refractivity contribution is 0.101. The molecule has 146 valence electrons. The minimum absolute atomic E-state index is 0.201. The Labute approximate surface area is 163 Å². The Kier molecular flexibility index (Phi) is 5.23. The molecule has 0 radical (unpaired) electrons. The first kappa shape index (κ1) is 18.4. The summed E-state index contributed by atoms with van der Waals surface area (Å²) in [5, 5.41) is 7.15. The minimum Gasteiger partial charge on any atom is -0.307 e. The highest BCUT2D eigenvalue weighted by molar-refractivity contribution is 6.02. The van der Waals surface area contributed by atoms with Crippen LogP contribution in [0.4, 0.5) is 5.95 Å². The highest BCUT2D eigenvalue weighted by Gasteiger charge is 2.23. The lowest BCUT2D eigenvalue weighted by Crippen LogP contribution is -2.27. The van der Waals surface area contributed by atoms with Gasteiger partial charge in [0.15, 0.2) is 0 Å². The number of carbonyl (C=O) groups excluding carboxylic acids is 1. The predicted octanol–water partition coefficient (Wildman–Crippen LogP) is 3.76. The molecule has 7 nitrogen and oxygen atoms in total. The molecule has 0 atom stereocenters. The van der Waals surface area contributed by atoms with Gasteiger partial charge in [-0.2, -0.15) is 5.10 Å². The Morgan fingerprint density at radius 1 is 1.14 bits per heavy atom. The van der Waals surface area contributed by atoms with Gasteiger partial charge in [-0.25, -0.2) is 9.67 Å². The van der Waals surface area contributed by atoms with Crippen LogP contribution in [-0.4, -0.2) is 25.2 Å². The fourth-order valence-corrected chi connectivity index (χ4v) is 3.95. The number of rotatable bonds is 5. The minimum atomic E-state index is -0.350. The molecular formula is C21H25N5O2. The Morgan fingerprint density at radius 3 is 2.71 bits per heavy atom. The van der Waals surface area contributed by atoms with Crippen LogP contribution in [0.15, 0.2) is 41.2 Å². The molecule has 7 heteroatoms. The number of fused-ring (bicyclic) bond motifs is 1. The third-order valence-electron chi connectivity index (χ3n) is 5.30. The highest BCUT2D eigenvalue weighted by Crippen LogP contribution is 2.34. The molecule has 2 heterocycles. The number of aromatic nitrogens is 4. The van der Waals surface area contributed by atoms with E-state index in [0.717, 1.165) is 30.3 Å². The molecule has 0 spiro atoms. The van der Waals surface area contributed by atoms with E-state index in [1.54, 1.807) is 0 Å². The second-order valence-corrected chi connectivity index (χ2v) is 7.32. The maximum absolute atomic E-state index is 12.9. The normalized spacial score (nSPS) is 15.0. The third-order valence-corrected chi connectivity index (χ3v) is 5.30. The van der Waals surface area contributed by atoms with Gasteiger partial charge in [0.05, 0.1) is 11.0 Å². The van der Waals surface area contributed by atoms with Crippen LogP contribution in [0.1, 0.15) is 62.0 Å². The number of imidazole rings is 1. The monoisotopic (exact) mass is 379 g/mol. The van der Waals surface area contributed by atoms with Gasteiger partial charge in [-0.1, -0.05) is 38.3 Å². The van der Waals surface area contributed by atoms with Gasteiger partial charge in [-0.15, -0.1) is 0 Å². The van der Waals surface area contributed by atoms with Crippen LogP contribution in [0, 0.1) is 0 Å². The largest absolute Gasteiger partial charge is 0.307 e. The second-order valence-electron chi connectivity index (χ2n) is 7.32. The van der Waals surface area contributed by atoms with Crippen molar-refractivity contribution >= 4 is 22.9 Å². The molecule has 1 aliphatic rings. The van der Waals surface area contributed by atoms with Gasteiger partial charge in [0.2, 0.25) is 5.95 Å². The molecule has 2 aromatic heterocycles. The SMILES string of the molecule is CCCn1nc(C(=O)Nc2nc3ccccc3n2C2CCCCC2)ccc1=O. The number of benzene rings is 1. The molecule has 1 aliphatic carbocycles. The lowest BCUT2D eigenvalue weighted by atomic mass is 9.95. The van der Waals surface area contributed by atoms with Gasteiger partial charge >= 0.3 is 0 Å². The summed E-state index contributed by atoms with van der Waals surface area (Å²) in [4.78, 5) is 29.4. The Hall–Kier alpha value is -2.96. The van der Waals surface area contributed by atoms with E-state index in [4.69, 9.17) is 0 Å². The van der Waals surface area contributed by atoms with Crippen LogP contribution in [0.5, 0.6) is 0 Å². The molecule has 0 unspecified atom stereocenters. The maximum Gasteiger partial charge on any atom is 0.278 e. The molecule has 4 rings (SSSR count). The van der Waals surface area contributed by atoms with Gasteiger partial charge in [0.25, 0.3) is 11.5 Å². The molecule has 1 saturated carbocycles. The molecule has 0 saturated heterocycles. The molecule has 3 aromatic rings. The number of aryl methyl sites for hydroxylation is 1. The molecule has 0 aliphatic heterocycles. The van der Waals surface area contributed by atoms with Crippen molar-refractivity contribution in [3.05, 3.63) is 52.4 Å². The van der Waals surface area contributed by atoms with Crippen molar-refractivity contribution < 1.29 is 4.79 Å². The Balaban J connectivity index is 1.68. The van der Waals surface area contributed by atoms with E-state index < -0.39 is 0 Å². The molecular weight excluding hydrogens is 354 g/mol. The van der Waals surface area contributed by atoms with E-state index in [0.29, 0.717) is 18.5 Å². The zero-order chi connectivity index (χ0) is 19.5. The molecule has 28 heavy (non-hydrogen) atoms. The molecule has 1 fully saturated rings. The van der Waals surface area contributed by atoms with Gasteiger partial charge < -0.3 is 4.57 Å². The predicted molar refractivity (Wildman–Crippen MR) is 109 cm³/mol. The summed E-state index contributed by atoms with van der Waals surface area (Å²) in [6.07, 6.45) is 6.58. The number of hydrogen-bond acceptors (Lipinski definition) is 4. The van der Waals surface area contributed by atoms with E-state index in [-0.39, 0.29) is 17.2 Å². The van der Waals surface area contributed by atoms with E-state index in [1.165, 1.54) is 36.1 Å². The summed E-state index contributed by atoms with van der Waals surface area (Å²) in [6, 6.07) is 11.2. The number of carbonyl (C=O) groups is 1. The van der Waals surface area contributed by atoms with Crippen LogP contribution >= 0.6 is 0 Å². The van der Waals surface area contributed by atoms with E-state index >= 15 is 0 Å². The zero-order valence-electron chi connectivity index (χ0n) is 16.1. The fraction of sp³-hybridized carbons (Fsp3) is 0.429. The number of nitrogens with zero attached hydrogens (tertiary/aromatic N) is 4. The smallest absolute Gasteiger partial charge is 0.278 e. The summed E-state index contributed by atoms with van der Waals surface area (Å²) < 4.78 is 3.49. The van der Waals surface area contributed by atoms with Crippen LogP contribution in [0.25, 0.3) is 11.0 Å². The summed E-state index contributed by atoms with van der Waals surface area (Å²) in [6.45, 7) is 2.45. The highest BCUT2D eigenvalue weighted by atomic mass is 16.2. The van der Waals surface area contributed by atoms with Crippen LogP contribution in [0.2, 0.25) is 0 Å². The fourth-order valence-electron chi connectivity index (χ4n) is 3.95. The van der Waals surface area contributed by atoms with Gasteiger partial charge in [-0.3, -0.25) is 14.9 Å². The van der Waals surface area contributed by atoms with Crippen molar-refractivity contribution in [2.45, 2.75) is 58.0 Å².